The van der Waals surface area contributed by atoms with Gasteiger partial charge in [0, 0.05) is 25.4 Å². The third-order valence-corrected chi connectivity index (χ3v) is 6.99. The van der Waals surface area contributed by atoms with Crippen LogP contribution in [0.15, 0.2) is 67.1 Å². The van der Waals surface area contributed by atoms with E-state index in [1.54, 1.807) is 37.0 Å². The minimum atomic E-state index is -0.608. The van der Waals surface area contributed by atoms with Crippen molar-refractivity contribution in [2.24, 2.45) is 7.05 Å². The van der Waals surface area contributed by atoms with E-state index < -0.39 is 11.8 Å². The van der Waals surface area contributed by atoms with Crippen molar-refractivity contribution in [2.45, 2.75) is 32.2 Å². The molecule has 1 N–H and O–H groups in total. The van der Waals surface area contributed by atoms with E-state index in [1.807, 2.05) is 0 Å². The lowest BCUT2D eigenvalue weighted by atomic mass is 10.2. The van der Waals surface area contributed by atoms with E-state index >= 15 is 0 Å². The number of imidazole rings is 1. The van der Waals surface area contributed by atoms with E-state index in [1.165, 1.54) is 30.6 Å². The molecule has 0 unspecified atom stereocenters. The van der Waals surface area contributed by atoms with Gasteiger partial charge in [0.05, 0.1) is 24.5 Å². The summed E-state index contributed by atoms with van der Waals surface area (Å²) in [6.45, 7) is 6.51. The van der Waals surface area contributed by atoms with Crippen LogP contribution >= 0.6 is 0 Å². The number of nitrogens with one attached hydrogen (secondary N) is 1. The monoisotopic (exact) mass is 548 g/mol. The maximum atomic E-state index is 14.3. The van der Waals surface area contributed by atoms with Crippen molar-refractivity contribution in [1.29, 1.82) is 0 Å². The molecule has 1 aromatic carbocycles. The number of ether oxygens (including phenoxy) is 2. The molecule has 1 saturated heterocycles. The minimum Gasteiger partial charge on any atom is -0.488 e. The second-order valence-corrected chi connectivity index (χ2v) is 9.55. The largest absolute Gasteiger partial charge is 0.488 e. The van der Waals surface area contributed by atoms with Crippen molar-refractivity contribution in [2.75, 3.05) is 24.7 Å². The number of nitrogens with zero attached hydrogens (tertiary/aromatic N) is 5. The zero-order chi connectivity index (χ0) is 28.2. The van der Waals surface area contributed by atoms with Crippen molar-refractivity contribution in [3.63, 3.8) is 0 Å². The van der Waals surface area contributed by atoms with E-state index in [4.69, 9.17) is 9.47 Å². The standard InChI is InChI=1S/C29H30F2N6O3/c1-4-19(30)8-7-18(2)11-13-39-29(38)25-26(22-14-20(31)9-10-23(22)36(25)3)40-15-21-6-5-12-37(21)28-24-27(33-16-32-24)34-17-35-28/h4,7-10,14,16-17,21H,2,5-6,11-13,15H2,1,3H3,(H,32,33,34,35)/b8-7-,19-4+/t21-/m1/s1. The van der Waals surface area contributed by atoms with Gasteiger partial charge < -0.3 is 23.9 Å². The predicted octanol–water partition coefficient (Wildman–Crippen LogP) is 5.56. The Morgan fingerprint density at radius 1 is 1.27 bits per heavy atom. The summed E-state index contributed by atoms with van der Waals surface area (Å²) in [5.41, 5.74) is 2.75. The molecule has 1 aliphatic rings. The molecule has 1 aliphatic heterocycles. The summed E-state index contributed by atoms with van der Waals surface area (Å²) < 4.78 is 41.1. The van der Waals surface area contributed by atoms with Crippen molar-refractivity contribution in [3.8, 4) is 5.75 Å². The molecule has 0 amide bonds. The van der Waals surface area contributed by atoms with Crippen LogP contribution in [0.1, 0.15) is 36.7 Å². The zero-order valence-corrected chi connectivity index (χ0v) is 22.4. The predicted molar refractivity (Wildman–Crippen MR) is 148 cm³/mol. The number of benzene rings is 1. The van der Waals surface area contributed by atoms with Crippen LogP contribution in [0.5, 0.6) is 5.75 Å². The number of rotatable bonds is 10. The lowest BCUT2D eigenvalue weighted by molar-refractivity contribution is 0.0494. The first kappa shape index (κ1) is 27.0. The number of anilines is 1. The molecule has 1 atom stereocenters. The number of halogens is 2. The molecule has 0 saturated carbocycles. The van der Waals surface area contributed by atoms with Crippen LogP contribution in [0, 0.1) is 5.82 Å². The van der Waals surface area contributed by atoms with Gasteiger partial charge in [0.1, 0.15) is 30.1 Å². The SMILES string of the molecule is C=C(/C=C\C(F)=C/C)CCOC(=O)c1c(OC[C@H]2CCCN2c2ncnc3[nH]cnc23)c2cc(F)ccc2n1C. The summed E-state index contributed by atoms with van der Waals surface area (Å²) in [4.78, 5) is 31.5. The summed E-state index contributed by atoms with van der Waals surface area (Å²) in [6.07, 6.45) is 9.36. The highest BCUT2D eigenvalue weighted by molar-refractivity contribution is 6.01. The molecular weight excluding hydrogens is 518 g/mol. The lowest BCUT2D eigenvalue weighted by Gasteiger charge is -2.25. The number of hydrogen-bond donors (Lipinski definition) is 1. The topological polar surface area (TPSA) is 98.2 Å². The Labute approximate surface area is 229 Å². The first-order chi connectivity index (χ1) is 19.4. The van der Waals surface area contributed by atoms with Gasteiger partial charge in [0.25, 0.3) is 0 Å². The van der Waals surface area contributed by atoms with Gasteiger partial charge in [-0.1, -0.05) is 24.3 Å². The fourth-order valence-electron chi connectivity index (χ4n) is 4.91. The van der Waals surface area contributed by atoms with Gasteiger partial charge in [0.2, 0.25) is 0 Å². The molecule has 1 fully saturated rings. The fraction of sp³-hybridized carbons (Fsp3) is 0.310. The number of carbonyl (C=O) groups excluding carboxylic acids is 1. The van der Waals surface area contributed by atoms with E-state index in [0.29, 0.717) is 39.9 Å². The van der Waals surface area contributed by atoms with E-state index in [-0.39, 0.29) is 36.5 Å². The van der Waals surface area contributed by atoms with E-state index in [0.717, 1.165) is 19.4 Å². The molecule has 40 heavy (non-hydrogen) atoms. The Kier molecular flexibility index (Phi) is 7.90. The van der Waals surface area contributed by atoms with Crippen LogP contribution in [0.3, 0.4) is 0 Å². The number of hydrogen-bond acceptors (Lipinski definition) is 7. The normalized spacial score (nSPS) is 15.9. The molecule has 0 radical (unpaired) electrons. The van der Waals surface area contributed by atoms with Gasteiger partial charge >= 0.3 is 5.97 Å². The number of esters is 1. The van der Waals surface area contributed by atoms with Gasteiger partial charge in [0.15, 0.2) is 22.9 Å². The minimum absolute atomic E-state index is 0.0402. The first-order valence-corrected chi connectivity index (χ1v) is 13.0. The molecule has 0 aliphatic carbocycles. The van der Waals surface area contributed by atoms with Crippen molar-refractivity contribution in [3.05, 3.63) is 78.6 Å². The van der Waals surface area contributed by atoms with Crippen molar-refractivity contribution >= 4 is 33.9 Å². The lowest BCUT2D eigenvalue weighted by Crippen LogP contribution is -2.35. The maximum absolute atomic E-state index is 14.3. The average Bonchev–Trinajstić information content (AvgIpc) is 3.68. The fourth-order valence-corrected chi connectivity index (χ4v) is 4.91. The van der Waals surface area contributed by atoms with Gasteiger partial charge in [-0.15, -0.1) is 0 Å². The van der Waals surface area contributed by atoms with Crippen molar-refractivity contribution < 1.29 is 23.0 Å². The second kappa shape index (κ2) is 11.7. The van der Waals surface area contributed by atoms with Crippen LogP contribution in [0.2, 0.25) is 0 Å². The Morgan fingerprint density at radius 2 is 2.12 bits per heavy atom. The van der Waals surface area contributed by atoms with Gasteiger partial charge in [-0.2, -0.15) is 0 Å². The van der Waals surface area contributed by atoms with Crippen LogP contribution < -0.4 is 9.64 Å². The Morgan fingerprint density at radius 3 is 2.95 bits per heavy atom. The number of carbonyl (C=O) groups is 1. The summed E-state index contributed by atoms with van der Waals surface area (Å²) in [5, 5.41) is 0.477. The Bertz CT molecular complexity index is 1620. The molecule has 208 valence electrons. The quantitative estimate of drug-likeness (QED) is 0.205. The van der Waals surface area contributed by atoms with E-state index in [9.17, 15) is 13.6 Å². The third-order valence-electron chi connectivity index (χ3n) is 6.99. The maximum Gasteiger partial charge on any atom is 0.358 e. The van der Waals surface area contributed by atoms with Crippen molar-refractivity contribution in [1.82, 2.24) is 24.5 Å². The van der Waals surface area contributed by atoms with Crippen LogP contribution in [-0.2, 0) is 11.8 Å². The Hall–Kier alpha value is -4.54. The third kappa shape index (κ3) is 5.45. The number of aryl methyl sites for hydroxylation is 1. The molecule has 11 heteroatoms. The summed E-state index contributed by atoms with van der Waals surface area (Å²) in [6, 6.07) is 4.25. The number of fused-ring (bicyclic) bond motifs is 2. The summed E-state index contributed by atoms with van der Waals surface area (Å²) in [7, 11) is 1.71. The molecule has 5 rings (SSSR count). The summed E-state index contributed by atoms with van der Waals surface area (Å²) in [5.74, 6) is -0.455. The number of allylic oxidation sites excluding steroid dienone is 4. The highest BCUT2D eigenvalue weighted by Crippen LogP contribution is 2.35. The molecule has 0 spiro atoms. The zero-order valence-electron chi connectivity index (χ0n) is 22.4. The number of aromatic amines is 1. The second-order valence-electron chi connectivity index (χ2n) is 9.55. The molecular formula is C29H30F2N6O3. The molecule has 4 aromatic rings. The Balaban J connectivity index is 1.36. The molecule has 0 bridgehead atoms. The van der Waals surface area contributed by atoms with Crippen LogP contribution in [-0.4, -0.2) is 56.3 Å². The highest BCUT2D eigenvalue weighted by atomic mass is 19.1. The van der Waals surface area contributed by atoms with E-state index in [2.05, 4.69) is 31.4 Å². The average molecular weight is 549 g/mol. The summed E-state index contributed by atoms with van der Waals surface area (Å²) >= 11 is 0. The number of H-pyrrole nitrogens is 1. The van der Waals surface area contributed by atoms with Gasteiger partial charge in [-0.05, 0) is 44.0 Å². The molecule has 3 aromatic heterocycles. The van der Waals surface area contributed by atoms with Crippen LogP contribution in [0.4, 0.5) is 14.6 Å². The van der Waals surface area contributed by atoms with Crippen LogP contribution in [0.25, 0.3) is 22.1 Å². The smallest absolute Gasteiger partial charge is 0.358 e. The number of aromatic nitrogens is 5. The van der Waals surface area contributed by atoms with Gasteiger partial charge in [-0.3, -0.25) is 0 Å². The molecule has 9 nitrogen and oxygen atoms in total. The van der Waals surface area contributed by atoms with Gasteiger partial charge in [-0.25, -0.2) is 28.5 Å². The highest BCUT2D eigenvalue weighted by Gasteiger charge is 2.31. The first-order valence-electron chi connectivity index (χ1n) is 13.0. The molecule has 4 heterocycles.